The average molecular weight is 279 g/mol. The van der Waals surface area contributed by atoms with Crippen molar-refractivity contribution in [1.29, 1.82) is 0 Å². The molecule has 1 aliphatic rings. The normalized spacial score (nSPS) is 17.6. The molecule has 1 unspecified atom stereocenters. The first kappa shape index (κ1) is 16.0. The van der Waals surface area contributed by atoms with Crippen LogP contribution in [-0.2, 0) is 14.3 Å². The minimum Gasteiger partial charge on any atom is -0.459 e. The van der Waals surface area contributed by atoms with E-state index in [4.69, 9.17) is 9.47 Å². The zero-order chi connectivity index (χ0) is 15.1. The molecule has 0 spiro atoms. The van der Waals surface area contributed by atoms with Gasteiger partial charge in [0.1, 0.15) is 13.2 Å². The fourth-order valence-electron chi connectivity index (χ4n) is 1.61. The van der Waals surface area contributed by atoms with E-state index < -0.39 is 12.1 Å². The molecule has 0 aromatic heterocycles. The summed E-state index contributed by atoms with van der Waals surface area (Å²) in [6.07, 6.45) is 4.10. The smallest absolute Gasteiger partial charge is 0.411 e. The Bertz CT molecular complexity index is 462. The number of hydrogen-bond donors (Lipinski definition) is 1. The maximum atomic E-state index is 11.5. The van der Waals surface area contributed by atoms with Gasteiger partial charge in [0.2, 0.25) is 0 Å². The lowest BCUT2D eigenvalue weighted by Gasteiger charge is -2.19. The second kappa shape index (κ2) is 7.53. The minimum absolute atomic E-state index is 0.0164. The van der Waals surface area contributed by atoms with Gasteiger partial charge in [-0.15, -0.1) is 0 Å². The Morgan fingerprint density at radius 2 is 2.00 bits per heavy atom. The van der Waals surface area contributed by atoms with Crippen molar-refractivity contribution in [3.05, 3.63) is 35.6 Å². The van der Waals surface area contributed by atoms with Gasteiger partial charge in [0.05, 0.1) is 0 Å². The number of esters is 1. The summed E-state index contributed by atoms with van der Waals surface area (Å²) in [4.78, 5) is 22.6. The van der Waals surface area contributed by atoms with Crippen LogP contribution in [0.15, 0.2) is 35.6 Å². The standard InChI is InChI=1S/C15H21NO4/c1-10(2)14(17)19-7-8-20-15(18)16-13-6-5-11(3)12(4)9-13/h5-6,12H,1,7-9H2,2-4H3,(H,16,18). The van der Waals surface area contributed by atoms with Crippen LogP contribution in [0.4, 0.5) is 4.79 Å². The Hall–Kier alpha value is -2.04. The highest BCUT2D eigenvalue weighted by atomic mass is 16.6. The molecule has 0 radical (unpaired) electrons. The number of rotatable bonds is 5. The fraction of sp³-hybridized carbons (Fsp3) is 0.467. The van der Waals surface area contributed by atoms with Crippen LogP contribution in [0.3, 0.4) is 0 Å². The largest absolute Gasteiger partial charge is 0.459 e. The van der Waals surface area contributed by atoms with Crippen molar-refractivity contribution in [2.45, 2.75) is 27.2 Å². The quantitative estimate of drug-likeness (QED) is 0.477. The maximum absolute atomic E-state index is 11.5. The molecule has 0 bridgehead atoms. The van der Waals surface area contributed by atoms with E-state index in [1.807, 2.05) is 12.2 Å². The molecule has 5 heteroatoms. The zero-order valence-electron chi connectivity index (χ0n) is 12.2. The molecular weight excluding hydrogens is 258 g/mol. The molecular formula is C15H21NO4. The van der Waals surface area contributed by atoms with Crippen molar-refractivity contribution in [3.63, 3.8) is 0 Å². The summed E-state index contributed by atoms with van der Waals surface area (Å²) >= 11 is 0. The predicted octanol–water partition coefficient (Wildman–Crippen LogP) is 2.70. The van der Waals surface area contributed by atoms with Crippen molar-refractivity contribution in [2.24, 2.45) is 5.92 Å². The zero-order valence-corrected chi connectivity index (χ0v) is 12.2. The average Bonchev–Trinajstić information content (AvgIpc) is 2.38. The monoisotopic (exact) mass is 279 g/mol. The van der Waals surface area contributed by atoms with E-state index in [-0.39, 0.29) is 13.2 Å². The van der Waals surface area contributed by atoms with Crippen molar-refractivity contribution in [1.82, 2.24) is 5.32 Å². The molecule has 0 fully saturated rings. The van der Waals surface area contributed by atoms with E-state index in [2.05, 4.69) is 25.7 Å². The number of nitrogens with one attached hydrogen (secondary N) is 1. The lowest BCUT2D eigenvalue weighted by atomic mass is 9.93. The molecule has 5 nitrogen and oxygen atoms in total. The molecule has 110 valence electrons. The summed E-state index contributed by atoms with van der Waals surface area (Å²) < 4.78 is 9.73. The van der Waals surface area contributed by atoms with Gasteiger partial charge in [0.15, 0.2) is 0 Å². The molecule has 1 rings (SSSR count). The van der Waals surface area contributed by atoms with Crippen molar-refractivity contribution < 1.29 is 19.1 Å². The summed E-state index contributed by atoms with van der Waals surface area (Å²) in [6, 6.07) is 0. The van der Waals surface area contributed by atoms with Gasteiger partial charge in [0, 0.05) is 11.3 Å². The molecule has 0 aliphatic heterocycles. The van der Waals surface area contributed by atoms with Gasteiger partial charge in [-0.25, -0.2) is 9.59 Å². The van der Waals surface area contributed by atoms with Crippen LogP contribution in [0.1, 0.15) is 27.2 Å². The Balaban J connectivity index is 2.25. The van der Waals surface area contributed by atoms with Crippen LogP contribution in [0.2, 0.25) is 0 Å². The summed E-state index contributed by atoms with van der Waals surface area (Å²) in [6.45, 7) is 9.21. The molecule has 20 heavy (non-hydrogen) atoms. The van der Waals surface area contributed by atoms with Gasteiger partial charge in [0.25, 0.3) is 0 Å². The first-order valence-corrected chi connectivity index (χ1v) is 6.54. The number of hydrogen-bond acceptors (Lipinski definition) is 4. The van der Waals surface area contributed by atoms with Gasteiger partial charge in [-0.05, 0) is 32.3 Å². The Labute approximate surface area is 119 Å². The topological polar surface area (TPSA) is 64.6 Å². The Morgan fingerprint density at radius 1 is 1.35 bits per heavy atom. The van der Waals surface area contributed by atoms with E-state index in [9.17, 15) is 9.59 Å². The first-order valence-electron chi connectivity index (χ1n) is 6.54. The summed E-state index contributed by atoms with van der Waals surface area (Å²) in [5.74, 6) is -0.0785. The SMILES string of the molecule is C=C(C)C(=O)OCCOC(=O)NC1=CC=C(C)C(C)C1. The highest BCUT2D eigenvalue weighted by Crippen LogP contribution is 2.22. The Kier molecular flexibility index (Phi) is 6.03. The van der Waals surface area contributed by atoms with E-state index in [0.717, 1.165) is 12.1 Å². The van der Waals surface area contributed by atoms with E-state index in [1.54, 1.807) is 6.92 Å². The third-order valence-corrected chi connectivity index (χ3v) is 3.01. The van der Waals surface area contributed by atoms with Crippen molar-refractivity contribution in [3.8, 4) is 0 Å². The third-order valence-electron chi connectivity index (χ3n) is 3.01. The summed E-state index contributed by atoms with van der Waals surface area (Å²) in [7, 11) is 0. The molecule has 0 saturated heterocycles. The molecule has 1 atom stereocenters. The van der Waals surface area contributed by atoms with Crippen LogP contribution in [-0.4, -0.2) is 25.3 Å². The van der Waals surface area contributed by atoms with Gasteiger partial charge in [-0.2, -0.15) is 0 Å². The number of amides is 1. The number of alkyl carbamates (subject to hydrolysis) is 1. The lowest BCUT2D eigenvalue weighted by Crippen LogP contribution is -2.27. The van der Waals surface area contributed by atoms with Crippen LogP contribution in [0, 0.1) is 5.92 Å². The van der Waals surface area contributed by atoms with Gasteiger partial charge in [-0.1, -0.05) is 25.2 Å². The van der Waals surface area contributed by atoms with E-state index in [0.29, 0.717) is 11.5 Å². The van der Waals surface area contributed by atoms with Crippen LogP contribution in [0.25, 0.3) is 0 Å². The second-order valence-corrected chi connectivity index (χ2v) is 4.88. The van der Waals surface area contributed by atoms with Gasteiger partial charge in [-0.3, -0.25) is 5.32 Å². The second-order valence-electron chi connectivity index (χ2n) is 4.88. The van der Waals surface area contributed by atoms with Gasteiger partial charge >= 0.3 is 12.1 Å². The van der Waals surface area contributed by atoms with E-state index >= 15 is 0 Å². The third kappa shape index (κ3) is 5.30. The van der Waals surface area contributed by atoms with Crippen LogP contribution >= 0.6 is 0 Å². The molecule has 1 amide bonds. The summed E-state index contributed by atoms with van der Waals surface area (Å²) in [5, 5.41) is 2.68. The van der Waals surface area contributed by atoms with Crippen molar-refractivity contribution >= 4 is 12.1 Å². The number of ether oxygens (including phenoxy) is 2. The van der Waals surface area contributed by atoms with Crippen molar-refractivity contribution in [2.75, 3.05) is 13.2 Å². The number of carbonyl (C=O) groups is 2. The van der Waals surface area contributed by atoms with Gasteiger partial charge < -0.3 is 9.47 Å². The summed E-state index contributed by atoms with van der Waals surface area (Å²) in [5.41, 5.74) is 2.43. The lowest BCUT2D eigenvalue weighted by molar-refractivity contribution is -0.139. The molecule has 0 aromatic rings. The Morgan fingerprint density at radius 3 is 2.60 bits per heavy atom. The van der Waals surface area contributed by atoms with Crippen LogP contribution in [0.5, 0.6) is 0 Å². The molecule has 0 heterocycles. The minimum atomic E-state index is -0.539. The molecule has 1 N–H and O–H groups in total. The molecule has 0 saturated carbocycles. The number of carbonyl (C=O) groups excluding carboxylic acids is 2. The van der Waals surface area contributed by atoms with E-state index in [1.165, 1.54) is 5.57 Å². The maximum Gasteiger partial charge on any atom is 0.411 e. The fourth-order valence-corrected chi connectivity index (χ4v) is 1.61. The highest BCUT2D eigenvalue weighted by Gasteiger charge is 2.14. The molecule has 0 aromatic carbocycles. The van der Waals surface area contributed by atoms with Crippen LogP contribution < -0.4 is 5.32 Å². The first-order chi connectivity index (χ1) is 9.40. The highest BCUT2D eigenvalue weighted by molar-refractivity contribution is 5.86. The molecule has 1 aliphatic carbocycles. The number of allylic oxidation sites excluding steroid dienone is 4. The predicted molar refractivity (Wildman–Crippen MR) is 75.9 cm³/mol.